The molecule has 0 heterocycles. The number of sulfonamides is 1. The topological polar surface area (TPSA) is 95.5 Å². The quantitative estimate of drug-likeness (QED) is 0.653. The van der Waals surface area contributed by atoms with Gasteiger partial charge in [0, 0.05) is 12.1 Å². The summed E-state index contributed by atoms with van der Waals surface area (Å²) < 4.78 is 40.6. The molecule has 1 atom stereocenters. The zero-order valence-corrected chi connectivity index (χ0v) is 15.1. The molecular weight excluding hydrogens is 359 g/mol. The molecule has 0 radical (unpaired) electrons. The van der Waals surface area contributed by atoms with Gasteiger partial charge in [0.25, 0.3) is 5.91 Å². The van der Waals surface area contributed by atoms with E-state index in [4.69, 9.17) is 0 Å². The highest BCUT2D eigenvalue weighted by molar-refractivity contribution is 7.89. The summed E-state index contributed by atoms with van der Waals surface area (Å²) in [5, 5.41) is 12.2. The summed E-state index contributed by atoms with van der Waals surface area (Å²) >= 11 is 0. The highest BCUT2D eigenvalue weighted by atomic mass is 32.2. The van der Waals surface area contributed by atoms with Gasteiger partial charge in [0.15, 0.2) is 0 Å². The van der Waals surface area contributed by atoms with Crippen LogP contribution < -0.4 is 10.0 Å². The monoisotopic (exact) mass is 380 g/mol. The van der Waals surface area contributed by atoms with Crippen LogP contribution in [-0.2, 0) is 10.0 Å². The molecule has 0 bridgehead atoms. The molecular formula is C18H21FN2O4S. The molecule has 0 saturated carbocycles. The Bertz CT molecular complexity index is 854. The molecule has 0 aromatic heterocycles. The predicted molar refractivity (Wildman–Crippen MR) is 95.6 cm³/mol. The van der Waals surface area contributed by atoms with E-state index < -0.39 is 28.5 Å². The number of halogens is 1. The highest BCUT2D eigenvalue weighted by Crippen LogP contribution is 2.18. The Balaban J connectivity index is 2.23. The molecule has 0 aliphatic heterocycles. The van der Waals surface area contributed by atoms with Gasteiger partial charge in [-0.3, -0.25) is 4.79 Å². The lowest BCUT2D eigenvalue weighted by atomic mass is 10.1. The minimum absolute atomic E-state index is 0.0952. The fourth-order valence-corrected chi connectivity index (χ4v) is 3.57. The van der Waals surface area contributed by atoms with Crippen molar-refractivity contribution < 1.29 is 22.7 Å². The van der Waals surface area contributed by atoms with Crippen LogP contribution in [0.2, 0.25) is 0 Å². The third kappa shape index (κ3) is 5.10. The normalized spacial score (nSPS) is 12.6. The second-order valence-electron chi connectivity index (χ2n) is 5.69. The van der Waals surface area contributed by atoms with Crippen LogP contribution in [0.15, 0.2) is 53.4 Å². The van der Waals surface area contributed by atoms with E-state index in [1.807, 2.05) is 6.92 Å². The molecule has 140 valence electrons. The molecule has 2 aromatic carbocycles. The second kappa shape index (κ2) is 8.88. The third-order valence-electron chi connectivity index (χ3n) is 3.69. The van der Waals surface area contributed by atoms with Crippen molar-refractivity contribution in [1.82, 2.24) is 10.0 Å². The maximum Gasteiger partial charge on any atom is 0.251 e. The van der Waals surface area contributed by atoms with E-state index in [9.17, 15) is 22.7 Å². The number of aliphatic hydroxyl groups excluding tert-OH is 1. The van der Waals surface area contributed by atoms with E-state index in [1.54, 1.807) is 0 Å². The lowest BCUT2D eigenvalue weighted by Gasteiger charge is -2.17. The maximum absolute atomic E-state index is 13.0. The van der Waals surface area contributed by atoms with Crippen LogP contribution in [0.25, 0.3) is 0 Å². The molecule has 6 nitrogen and oxygen atoms in total. The maximum atomic E-state index is 13.0. The first-order chi connectivity index (χ1) is 12.4. The Kier molecular flexibility index (Phi) is 6.84. The first kappa shape index (κ1) is 20.0. The van der Waals surface area contributed by atoms with Crippen LogP contribution in [0.3, 0.4) is 0 Å². The molecule has 0 unspecified atom stereocenters. The van der Waals surface area contributed by atoms with Crippen LogP contribution in [0, 0.1) is 5.82 Å². The molecule has 8 heteroatoms. The summed E-state index contributed by atoms with van der Waals surface area (Å²) in [6.45, 7) is 1.91. The van der Waals surface area contributed by atoms with Crippen molar-refractivity contribution in [2.45, 2.75) is 24.3 Å². The first-order valence-corrected chi connectivity index (χ1v) is 9.62. The second-order valence-corrected chi connectivity index (χ2v) is 7.41. The van der Waals surface area contributed by atoms with Crippen LogP contribution in [0.1, 0.15) is 35.3 Å². The minimum atomic E-state index is -3.99. The molecule has 3 N–H and O–H groups in total. The number of hydrogen-bond acceptors (Lipinski definition) is 4. The van der Waals surface area contributed by atoms with Crippen molar-refractivity contribution in [2.24, 2.45) is 0 Å². The summed E-state index contributed by atoms with van der Waals surface area (Å²) in [5.41, 5.74) is 0.651. The predicted octanol–water partition coefficient (Wildman–Crippen LogP) is 1.98. The minimum Gasteiger partial charge on any atom is -0.394 e. The smallest absolute Gasteiger partial charge is 0.251 e. The zero-order chi connectivity index (χ0) is 19.2. The average molecular weight is 380 g/mol. The Hall–Kier alpha value is -2.29. The molecule has 2 rings (SSSR count). The first-order valence-electron chi connectivity index (χ1n) is 8.14. The Morgan fingerprint density at radius 2 is 1.88 bits per heavy atom. The zero-order valence-electron chi connectivity index (χ0n) is 14.3. The Labute approximate surface area is 152 Å². The highest BCUT2D eigenvalue weighted by Gasteiger charge is 2.22. The number of benzene rings is 2. The van der Waals surface area contributed by atoms with E-state index in [0.29, 0.717) is 12.1 Å². The number of amides is 1. The molecule has 26 heavy (non-hydrogen) atoms. The Morgan fingerprint density at radius 3 is 2.50 bits per heavy atom. The van der Waals surface area contributed by atoms with Gasteiger partial charge in [-0.1, -0.05) is 25.1 Å². The largest absolute Gasteiger partial charge is 0.394 e. The summed E-state index contributed by atoms with van der Waals surface area (Å²) in [6, 6.07) is 9.86. The standard InChI is InChI=1S/C18H21FN2O4S/c1-2-10-20-18(23)14-4-3-5-16(11-14)26(24,25)21-17(12-22)13-6-8-15(19)9-7-13/h3-9,11,17,21-22H,2,10,12H2,1H3,(H,20,23)/t17-/m0/s1. The van der Waals surface area contributed by atoms with E-state index in [1.165, 1.54) is 48.5 Å². The third-order valence-corrected chi connectivity index (χ3v) is 5.16. The van der Waals surface area contributed by atoms with Gasteiger partial charge < -0.3 is 10.4 Å². The van der Waals surface area contributed by atoms with Gasteiger partial charge in [-0.15, -0.1) is 0 Å². The lowest BCUT2D eigenvalue weighted by Crippen LogP contribution is -2.31. The van der Waals surface area contributed by atoms with Crippen molar-refractivity contribution >= 4 is 15.9 Å². The van der Waals surface area contributed by atoms with Gasteiger partial charge in [0.05, 0.1) is 17.5 Å². The van der Waals surface area contributed by atoms with Crippen LogP contribution in [0.5, 0.6) is 0 Å². The fraction of sp³-hybridized carbons (Fsp3) is 0.278. The van der Waals surface area contributed by atoms with E-state index in [2.05, 4.69) is 10.0 Å². The van der Waals surface area contributed by atoms with Gasteiger partial charge in [-0.2, -0.15) is 0 Å². The van der Waals surface area contributed by atoms with Crippen LogP contribution in [-0.4, -0.2) is 32.6 Å². The molecule has 0 spiro atoms. The molecule has 0 aliphatic rings. The van der Waals surface area contributed by atoms with Gasteiger partial charge in [0.2, 0.25) is 10.0 Å². The number of aliphatic hydroxyl groups is 1. The van der Waals surface area contributed by atoms with E-state index >= 15 is 0 Å². The van der Waals surface area contributed by atoms with Crippen molar-refractivity contribution in [3.05, 3.63) is 65.5 Å². The molecule has 2 aromatic rings. The van der Waals surface area contributed by atoms with Crippen molar-refractivity contribution in [3.8, 4) is 0 Å². The van der Waals surface area contributed by atoms with Gasteiger partial charge >= 0.3 is 0 Å². The fourth-order valence-electron chi connectivity index (χ4n) is 2.31. The van der Waals surface area contributed by atoms with Crippen LogP contribution >= 0.6 is 0 Å². The average Bonchev–Trinajstić information content (AvgIpc) is 2.65. The van der Waals surface area contributed by atoms with E-state index in [0.717, 1.165) is 6.42 Å². The summed E-state index contributed by atoms with van der Waals surface area (Å²) in [4.78, 5) is 11.9. The summed E-state index contributed by atoms with van der Waals surface area (Å²) in [5.74, 6) is -0.819. The van der Waals surface area contributed by atoms with Gasteiger partial charge in [-0.25, -0.2) is 17.5 Å². The SMILES string of the molecule is CCCNC(=O)c1cccc(S(=O)(=O)N[C@@H](CO)c2ccc(F)cc2)c1. The van der Waals surface area contributed by atoms with Crippen molar-refractivity contribution in [2.75, 3.05) is 13.2 Å². The number of hydrogen-bond donors (Lipinski definition) is 3. The molecule has 0 fully saturated rings. The number of carbonyl (C=O) groups excluding carboxylic acids is 1. The number of carbonyl (C=O) groups is 1. The van der Waals surface area contributed by atoms with Gasteiger partial charge in [-0.05, 0) is 42.3 Å². The summed E-state index contributed by atoms with van der Waals surface area (Å²) in [6.07, 6.45) is 0.765. The summed E-state index contributed by atoms with van der Waals surface area (Å²) in [7, 11) is -3.99. The number of rotatable bonds is 8. The Morgan fingerprint density at radius 1 is 1.19 bits per heavy atom. The number of nitrogens with one attached hydrogen (secondary N) is 2. The molecule has 1 amide bonds. The van der Waals surface area contributed by atoms with Gasteiger partial charge in [0.1, 0.15) is 5.82 Å². The van der Waals surface area contributed by atoms with Crippen molar-refractivity contribution in [3.63, 3.8) is 0 Å². The molecule has 0 saturated heterocycles. The lowest BCUT2D eigenvalue weighted by molar-refractivity contribution is 0.0953. The van der Waals surface area contributed by atoms with E-state index in [-0.39, 0.29) is 16.4 Å². The molecule has 0 aliphatic carbocycles. The van der Waals surface area contributed by atoms with Crippen molar-refractivity contribution in [1.29, 1.82) is 0 Å². The van der Waals surface area contributed by atoms with Crippen LogP contribution in [0.4, 0.5) is 4.39 Å².